The number of hydrogen-bond acceptors (Lipinski definition) is 9. The lowest BCUT2D eigenvalue weighted by atomic mass is 9.76. The minimum Gasteiger partial charge on any atom is -0.508 e. The lowest BCUT2D eigenvalue weighted by Gasteiger charge is -2.26. The average Bonchev–Trinajstić information content (AvgIpc) is 3.80. The van der Waals surface area contributed by atoms with Gasteiger partial charge in [-0.05, 0) is 88.0 Å². The van der Waals surface area contributed by atoms with Crippen molar-refractivity contribution in [1.29, 1.82) is 0 Å². The average molecular weight is 679 g/mol. The van der Waals surface area contributed by atoms with Gasteiger partial charge >= 0.3 is 0 Å². The maximum Gasteiger partial charge on any atom is 0.135 e. The smallest absolute Gasteiger partial charge is 0.135 e. The molecular formula is C42H30O9. The second kappa shape index (κ2) is 10.5. The molecule has 3 heterocycles. The quantitative estimate of drug-likeness (QED) is 0.109. The zero-order chi connectivity index (χ0) is 34.7. The third-order valence-corrected chi connectivity index (χ3v) is 10.7. The minimum absolute atomic E-state index is 0.00268. The summed E-state index contributed by atoms with van der Waals surface area (Å²) in [6.07, 6.45) is -1.91. The number of ether oxygens (including phenoxy) is 3. The maximum atomic E-state index is 11.3. The van der Waals surface area contributed by atoms with Crippen LogP contribution in [-0.4, -0.2) is 30.6 Å². The van der Waals surface area contributed by atoms with Crippen molar-refractivity contribution in [2.24, 2.45) is 0 Å². The molecule has 0 aromatic heterocycles. The molecule has 9 nitrogen and oxygen atoms in total. The van der Waals surface area contributed by atoms with E-state index < -0.39 is 36.1 Å². The molecule has 0 saturated carbocycles. The van der Waals surface area contributed by atoms with Gasteiger partial charge in [0.2, 0.25) is 0 Å². The Hall–Kier alpha value is -6.48. The molecular weight excluding hydrogens is 648 g/mol. The molecule has 6 aromatic carbocycles. The largest absolute Gasteiger partial charge is 0.508 e. The Balaban J connectivity index is 1.33. The summed E-state index contributed by atoms with van der Waals surface area (Å²) < 4.78 is 20.3. The van der Waals surface area contributed by atoms with Gasteiger partial charge in [0.05, 0.1) is 17.8 Å². The number of fused-ring (bicyclic) bond motifs is 3. The summed E-state index contributed by atoms with van der Waals surface area (Å²) in [6.45, 7) is 0. The van der Waals surface area contributed by atoms with Crippen LogP contribution in [0, 0.1) is 0 Å². The van der Waals surface area contributed by atoms with Crippen LogP contribution in [0.15, 0.2) is 109 Å². The van der Waals surface area contributed by atoms with E-state index in [-0.39, 0.29) is 34.5 Å². The van der Waals surface area contributed by atoms with Crippen molar-refractivity contribution in [2.75, 3.05) is 0 Å². The second-order valence-corrected chi connectivity index (χ2v) is 13.7. The highest BCUT2D eigenvalue weighted by molar-refractivity contribution is 5.70. The zero-order valence-corrected chi connectivity index (χ0v) is 26.8. The van der Waals surface area contributed by atoms with Crippen molar-refractivity contribution in [3.63, 3.8) is 0 Å². The summed E-state index contributed by atoms with van der Waals surface area (Å²) in [4.78, 5) is 0. The molecule has 0 spiro atoms. The fourth-order valence-corrected chi connectivity index (χ4v) is 8.76. The summed E-state index contributed by atoms with van der Waals surface area (Å²) >= 11 is 0. The predicted molar refractivity (Wildman–Crippen MR) is 184 cm³/mol. The summed E-state index contributed by atoms with van der Waals surface area (Å²) in [5.41, 5.74) is 6.97. The molecule has 1 aliphatic carbocycles. The van der Waals surface area contributed by atoms with E-state index in [2.05, 4.69) is 0 Å². The van der Waals surface area contributed by atoms with E-state index >= 15 is 0 Å². The van der Waals surface area contributed by atoms with Gasteiger partial charge in [-0.1, -0.05) is 36.4 Å². The van der Waals surface area contributed by atoms with E-state index in [0.29, 0.717) is 17.2 Å². The fourth-order valence-electron chi connectivity index (χ4n) is 8.76. The van der Waals surface area contributed by atoms with E-state index in [0.717, 1.165) is 50.1 Å². The Morgan fingerprint density at radius 3 is 0.824 bits per heavy atom. The molecule has 4 aliphatic rings. The highest BCUT2D eigenvalue weighted by Gasteiger charge is 2.52. The Morgan fingerprint density at radius 2 is 0.569 bits per heavy atom. The van der Waals surface area contributed by atoms with Gasteiger partial charge in [0.15, 0.2) is 0 Å². The van der Waals surface area contributed by atoms with Gasteiger partial charge in [-0.25, -0.2) is 0 Å². The van der Waals surface area contributed by atoms with Gasteiger partial charge < -0.3 is 44.8 Å². The Morgan fingerprint density at radius 1 is 0.314 bits per heavy atom. The number of aromatic hydroxyl groups is 6. The van der Waals surface area contributed by atoms with Crippen LogP contribution in [0.2, 0.25) is 0 Å². The molecule has 252 valence electrons. The monoisotopic (exact) mass is 678 g/mol. The normalized spacial score (nSPS) is 23.1. The number of rotatable bonds is 3. The van der Waals surface area contributed by atoms with Gasteiger partial charge in [-0.3, -0.25) is 0 Å². The molecule has 0 saturated heterocycles. The van der Waals surface area contributed by atoms with Crippen LogP contribution < -0.4 is 14.2 Å². The fraction of sp³-hybridized carbons (Fsp3) is 0.143. The number of phenolic OH excluding ortho intramolecular Hbond substituents is 6. The minimum atomic E-state index is -0.635. The first kappa shape index (κ1) is 29.4. The zero-order valence-electron chi connectivity index (χ0n) is 26.8. The van der Waals surface area contributed by atoms with E-state index in [9.17, 15) is 30.6 Å². The standard InChI is InChI=1S/C42H30O9/c43-22-7-1-19(2-8-22)40-37-28-13-25(46)17-32-35(28)39(42(50-32)21-5-11-24(45)12-6-21)30-15-27(48)18-33-36(30)38(29-14-26(47)16-31(49-40)34(29)37)41(51-33)20-3-9-23(44)10-4-20/h1-18,37-48H/t37-,38-,39+,40+,41+,42-/m0/s1. The molecule has 6 N–H and O–H groups in total. The molecule has 0 bridgehead atoms. The van der Waals surface area contributed by atoms with Crippen LogP contribution in [0.3, 0.4) is 0 Å². The lowest BCUT2D eigenvalue weighted by molar-refractivity contribution is 0.219. The molecule has 0 unspecified atom stereocenters. The Kier molecular flexibility index (Phi) is 6.07. The van der Waals surface area contributed by atoms with Crippen LogP contribution in [0.1, 0.15) is 86.1 Å². The Bertz CT molecular complexity index is 2120. The molecule has 0 amide bonds. The topological polar surface area (TPSA) is 149 Å². The van der Waals surface area contributed by atoms with Crippen molar-refractivity contribution >= 4 is 0 Å². The maximum absolute atomic E-state index is 11.3. The van der Waals surface area contributed by atoms with E-state index in [1.807, 2.05) is 0 Å². The van der Waals surface area contributed by atoms with Crippen molar-refractivity contribution in [3.05, 3.63) is 159 Å². The molecule has 0 radical (unpaired) electrons. The summed E-state index contributed by atoms with van der Waals surface area (Å²) in [7, 11) is 0. The second-order valence-electron chi connectivity index (χ2n) is 13.7. The van der Waals surface area contributed by atoms with Crippen molar-refractivity contribution < 1.29 is 44.8 Å². The molecule has 3 aliphatic heterocycles. The SMILES string of the molecule is Oc1ccc([C@H]2Oc3cc(O)cc4c3[C@@H]2c2cc(O)cc3c2[C@@H](c2cc(O)cc5c2[C@H]4[C@@H](c2ccc(O)cc2)O5)[C@H](c2ccc(O)cc2)O3)cc1. The van der Waals surface area contributed by atoms with E-state index in [4.69, 9.17) is 14.2 Å². The molecule has 6 atom stereocenters. The van der Waals surface area contributed by atoms with Gasteiger partial charge in [0, 0.05) is 34.9 Å². The van der Waals surface area contributed by atoms with E-state index in [1.54, 1.807) is 109 Å². The molecule has 9 heteroatoms. The summed E-state index contributed by atoms with van der Waals surface area (Å²) in [5.74, 6) is 0.123. The van der Waals surface area contributed by atoms with Gasteiger partial charge in [0.25, 0.3) is 0 Å². The first-order chi connectivity index (χ1) is 24.7. The van der Waals surface area contributed by atoms with E-state index in [1.165, 1.54) is 0 Å². The Labute approximate surface area is 291 Å². The molecule has 10 rings (SSSR count). The van der Waals surface area contributed by atoms with Gasteiger partial charge in [-0.15, -0.1) is 0 Å². The molecule has 6 aromatic rings. The first-order valence-corrected chi connectivity index (χ1v) is 16.7. The van der Waals surface area contributed by atoms with Gasteiger partial charge in [0.1, 0.15) is 70.1 Å². The highest BCUT2D eigenvalue weighted by atomic mass is 16.5. The predicted octanol–water partition coefficient (Wildman–Crippen LogP) is 8.03. The molecule has 0 fully saturated rings. The number of phenols is 6. The van der Waals surface area contributed by atoms with Crippen molar-refractivity contribution in [1.82, 2.24) is 0 Å². The molecule has 51 heavy (non-hydrogen) atoms. The third kappa shape index (κ3) is 4.34. The van der Waals surface area contributed by atoms with Crippen LogP contribution in [0.5, 0.6) is 51.7 Å². The van der Waals surface area contributed by atoms with Crippen LogP contribution >= 0.6 is 0 Å². The van der Waals surface area contributed by atoms with Crippen LogP contribution in [0.25, 0.3) is 0 Å². The highest BCUT2D eigenvalue weighted by Crippen LogP contribution is 2.65. The van der Waals surface area contributed by atoms with Crippen molar-refractivity contribution in [3.8, 4) is 51.7 Å². The lowest BCUT2D eigenvalue weighted by Crippen LogP contribution is -2.16. The first-order valence-electron chi connectivity index (χ1n) is 16.7. The summed E-state index contributed by atoms with van der Waals surface area (Å²) in [6, 6.07) is 30.5. The third-order valence-electron chi connectivity index (χ3n) is 10.7. The summed E-state index contributed by atoms with van der Waals surface area (Å²) in [5, 5.41) is 64.5. The van der Waals surface area contributed by atoms with Crippen LogP contribution in [0.4, 0.5) is 0 Å². The van der Waals surface area contributed by atoms with Gasteiger partial charge in [-0.2, -0.15) is 0 Å². The van der Waals surface area contributed by atoms with Crippen molar-refractivity contribution in [2.45, 2.75) is 36.1 Å². The van der Waals surface area contributed by atoms with Crippen LogP contribution in [-0.2, 0) is 0 Å². The number of benzene rings is 6. The number of hydrogen-bond donors (Lipinski definition) is 6.